The van der Waals surface area contributed by atoms with Crippen LogP contribution in [0.5, 0.6) is 5.75 Å². The normalized spacial score (nSPS) is 22.2. The van der Waals surface area contributed by atoms with E-state index >= 15 is 0 Å². The van der Waals surface area contributed by atoms with Gasteiger partial charge in [-0.05, 0) is 96.9 Å². The van der Waals surface area contributed by atoms with E-state index in [4.69, 9.17) is 9.47 Å². The maximum Gasteiger partial charge on any atom is 0.338 e. The van der Waals surface area contributed by atoms with Gasteiger partial charge in [0.05, 0.1) is 45.1 Å². The van der Waals surface area contributed by atoms with Crippen molar-refractivity contribution in [3.8, 4) is 16.9 Å². The fraction of sp³-hybridized carbons (Fsp3) is 0.364. The van der Waals surface area contributed by atoms with Crippen LogP contribution in [0.4, 0.5) is 17.3 Å². The lowest BCUT2D eigenvalue weighted by Gasteiger charge is -2.51. The first kappa shape index (κ1) is 32.8. The molecule has 2 aliphatic rings. The second kappa shape index (κ2) is 11.4. The molecule has 2 N–H and O–H groups in total. The highest BCUT2D eigenvalue weighted by Crippen LogP contribution is 2.94. The van der Waals surface area contributed by atoms with Crippen LogP contribution in [0.25, 0.3) is 11.1 Å². The Labute approximate surface area is 263 Å². The highest BCUT2D eigenvalue weighted by atomic mass is 32.4. The van der Waals surface area contributed by atoms with Crippen LogP contribution in [0, 0.1) is 17.8 Å². The molecule has 0 aromatic heterocycles. The number of hydrogen-bond donors (Lipinski definition) is 2. The van der Waals surface area contributed by atoms with E-state index in [1.165, 1.54) is 19.2 Å². The van der Waals surface area contributed by atoms with Crippen molar-refractivity contribution >= 4 is 47.5 Å². The molecule has 5 rings (SSSR count). The Morgan fingerprint density at radius 3 is 2.31 bits per heavy atom. The molecule has 0 heterocycles. The highest BCUT2D eigenvalue weighted by Gasteiger charge is 2.54. The summed E-state index contributed by atoms with van der Waals surface area (Å²) in [5, 5.41) is 6.56. The molecule has 0 aliphatic heterocycles. The van der Waals surface area contributed by atoms with Gasteiger partial charge in [0.2, 0.25) is 5.91 Å². The van der Waals surface area contributed by atoms with Gasteiger partial charge in [-0.25, -0.2) is 4.79 Å². The lowest BCUT2D eigenvalue weighted by atomic mass is 9.83. The maximum absolute atomic E-state index is 14.7. The number of carbonyl (C=O) groups excluding carboxylic acids is 3. The molecule has 2 bridgehead atoms. The van der Waals surface area contributed by atoms with Crippen LogP contribution in [-0.2, 0) is 9.53 Å². The molecule has 2 fully saturated rings. The second-order valence-electron chi connectivity index (χ2n) is 12.5. The van der Waals surface area contributed by atoms with Crippen LogP contribution < -0.4 is 20.7 Å². The quantitative estimate of drug-likeness (QED) is 0.191. The second-order valence-corrected chi connectivity index (χ2v) is 17.9. The number of rotatable bonds is 9. The number of nitrogens with one attached hydrogen (secondary N) is 2. The third-order valence-corrected chi connectivity index (χ3v) is 10.9. The minimum atomic E-state index is -6.95. The summed E-state index contributed by atoms with van der Waals surface area (Å²) in [6.45, 7) is 2.00. The Hall–Kier alpha value is -3.56. The molecule has 5 atom stereocenters. The fourth-order valence-corrected chi connectivity index (χ4v) is 7.90. The largest absolute Gasteiger partial charge is 0.496 e. The number of fused-ring (bicyclic) bond motifs is 2. The Morgan fingerprint density at radius 1 is 0.978 bits per heavy atom. The van der Waals surface area contributed by atoms with E-state index < -0.39 is 44.1 Å². The summed E-state index contributed by atoms with van der Waals surface area (Å²) >= 11 is 0. The van der Waals surface area contributed by atoms with E-state index in [2.05, 4.69) is 19.9 Å². The smallest absolute Gasteiger partial charge is 0.338 e. The Balaban J connectivity index is 1.39. The molecule has 0 radical (unpaired) electrons. The summed E-state index contributed by atoms with van der Waals surface area (Å²) in [5.41, 5.74) is 2.27. The molecule has 242 valence electrons. The van der Waals surface area contributed by atoms with E-state index in [0.717, 1.165) is 47.8 Å². The van der Waals surface area contributed by atoms with Crippen LogP contribution in [0.15, 0.2) is 65.6 Å². The van der Waals surface area contributed by atoms with Gasteiger partial charge in [-0.1, -0.05) is 18.2 Å². The molecule has 2 amide bonds. The SMILES string of the molecule is CCOC(=O)c1ccc(-c2cc(C(=O)N[C@@H]3[C@H]4CC[C@H](C4)[C@@H]3C(=O)Nc3cccc(S(C)(C)(F)(F)F)c3)c(OC)cc2P)cc1. The van der Waals surface area contributed by atoms with Crippen LogP contribution in [-0.4, -0.2) is 50.1 Å². The summed E-state index contributed by atoms with van der Waals surface area (Å²) < 4.78 is 54.7. The first-order valence-electron chi connectivity index (χ1n) is 14.7. The van der Waals surface area contributed by atoms with Crippen molar-refractivity contribution in [2.24, 2.45) is 17.8 Å². The number of ether oxygens (including phenoxy) is 2. The Kier molecular flexibility index (Phi) is 8.28. The van der Waals surface area contributed by atoms with Gasteiger partial charge in [0, 0.05) is 24.2 Å². The molecular formula is C33H38F3N2O5PS. The van der Waals surface area contributed by atoms with Gasteiger partial charge in [0.1, 0.15) is 5.75 Å². The van der Waals surface area contributed by atoms with Crippen LogP contribution in [0.2, 0.25) is 0 Å². The molecule has 12 heteroatoms. The van der Waals surface area contributed by atoms with Crippen molar-refractivity contribution in [1.29, 1.82) is 0 Å². The lowest BCUT2D eigenvalue weighted by molar-refractivity contribution is -0.122. The van der Waals surface area contributed by atoms with Gasteiger partial charge < -0.3 is 20.1 Å². The van der Waals surface area contributed by atoms with Crippen molar-refractivity contribution in [1.82, 2.24) is 5.32 Å². The van der Waals surface area contributed by atoms with Crippen molar-refractivity contribution in [2.45, 2.75) is 37.1 Å². The Bertz CT molecular complexity index is 1670. The zero-order chi connectivity index (χ0) is 32.8. The summed E-state index contributed by atoms with van der Waals surface area (Å²) in [4.78, 5) is 38.7. The van der Waals surface area contributed by atoms with E-state index in [1.807, 2.05) is 0 Å². The van der Waals surface area contributed by atoms with Crippen LogP contribution in [0.1, 0.15) is 46.9 Å². The number of anilines is 1. The van der Waals surface area contributed by atoms with E-state index in [1.54, 1.807) is 43.3 Å². The zero-order valence-electron chi connectivity index (χ0n) is 25.6. The summed E-state index contributed by atoms with van der Waals surface area (Å²) in [5.74, 6) is -1.40. The number of esters is 1. The summed E-state index contributed by atoms with van der Waals surface area (Å²) in [7, 11) is -2.85. The van der Waals surface area contributed by atoms with Gasteiger partial charge >= 0.3 is 5.97 Å². The van der Waals surface area contributed by atoms with Gasteiger partial charge in [0.25, 0.3) is 5.91 Å². The molecule has 2 aliphatic carbocycles. The van der Waals surface area contributed by atoms with E-state index in [0.29, 0.717) is 23.8 Å². The van der Waals surface area contributed by atoms with Crippen LogP contribution >= 0.6 is 18.7 Å². The topological polar surface area (TPSA) is 93.7 Å². The molecule has 0 saturated heterocycles. The van der Waals surface area contributed by atoms with Crippen molar-refractivity contribution < 1.29 is 35.5 Å². The van der Waals surface area contributed by atoms with Crippen LogP contribution in [0.3, 0.4) is 0 Å². The molecule has 0 spiro atoms. The van der Waals surface area contributed by atoms with Crippen molar-refractivity contribution in [3.05, 3.63) is 71.8 Å². The van der Waals surface area contributed by atoms with Crippen molar-refractivity contribution in [2.75, 3.05) is 31.5 Å². The van der Waals surface area contributed by atoms with Gasteiger partial charge in [0.15, 0.2) is 0 Å². The van der Waals surface area contributed by atoms with Crippen molar-refractivity contribution in [3.63, 3.8) is 0 Å². The molecular weight excluding hydrogens is 624 g/mol. The lowest BCUT2D eigenvalue weighted by Crippen LogP contribution is -2.48. The minimum Gasteiger partial charge on any atom is -0.496 e. The summed E-state index contributed by atoms with van der Waals surface area (Å²) in [6, 6.07) is 14.6. The van der Waals surface area contributed by atoms with Gasteiger partial charge in [-0.3, -0.25) is 9.59 Å². The fourth-order valence-electron chi connectivity index (χ4n) is 6.49. The average Bonchev–Trinajstić information content (AvgIpc) is 3.58. The minimum absolute atomic E-state index is 0.0129. The van der Waals surface area contributed by atoms with Gasteiger partial charge in [-0.2, -0.15) is 0 Å². The molecule has 1 unspecified atom stereocenters. The number of methoxy groups -OCH3 is 1. The average molecular weight is 663 g/mol. The molecule has 3 aromatic carbocycles. The van der Waals surface area contributed by atoms with E-state index in [9.17, 15) is 26.0 Å². The molecule has 45 heavy (non-hydrogen) atoms. The number of carbonyl (C=O) groups is 3. The number of benzene rings is 3. The third kappa shape index (κ3) is 6.99. The third-order valence-electron chi connectivity index (χ3n) is 8.68. The number of halogens is 3. The number of amides is 2. The highest BCUT2D eigenvalue weighted by molar-refractivity contribution is 8.52. The standard InChI is InChI=1S/C33H38F3N2O5PS/c1-5-43-33(41)20-11-9-19(10-12-20)25-17-26(27(42-2)18-28(25)44)31(39)38-30-22-14-13-21(15-22)29(30)32(40)37-23-7-6-8-24(16-23)45(3,4,34,35)36/h6-12,16-18,21-22,29-30H,5,13-15,44H2,1-4H3,(H,37,40)(H,38,39)/t21-,22+,29+,30-/m1/s1. The summed E-state index contributed by atoms with van der Waals surface area (Å²) in [6.07, 6.45) is 3.03. The monoisotopic (exact) mass is 662 g/mol. The number of hydrogen-bond acceptors (Lipinski definition) is 5. The predicted molar refractivity (Wildman–Crippen MR) is 175 cm³/mol. The first-order valence-corrected chi connectivity index (χ1v) is 18.2. The van der Waals surface area contributed by atoms with E-state index in [-0.39, 0.29) is 29.7 Å². The Morgan fingerprint density at radius 2 is 1.67 bits per heavy atom. The molecule has 7 nitrogen and oxygen atoms in total. The first-order chi connectivity index (χ1) is 21.0. The maximum atomic E-state index is 14.7. The molecule has 3 aromatic rings. The van der Waals surface area contributed by atoms with Gasteiger partial charge in [-0.15, -0.1) is 20.9 Å². The zero-order valence-corrected chi connectivity index (χ0v) is 27.5. The predicted octanol–water partition coefficient (Wildman–Crippen LogP) is 6.97. The molecule has 2 saturated carbocycles.